The summed E-state index contributed by atoms with van der Waals surface area (Å²) < 4.78 is 14.0. The molecular formula is C17H16BrFN2S. The van der Waals surface area contributed by atoms with Crippen LogP contribution >= 0.6 is 28.1 Å². The molecule has 0 spiro atoms. The van der Waals surface area contributed by atoms with Crippen molar-refractivity contribution in [2.45, 2.75) is 0 Å². The van der Waals surface area contributed by atoms with Gasteiger partial charge in [-0.1, -0.05) is 40.3 Å². The van der Waals surface area contributed by atoms with Crippen LogP contribution in [-0.2, 0) is 0 Å². The van der Waals surface area contributed by atoms with Crippen molar-refractivity contribution in [1.82, 2.24) is 4.90 Å². The molecule has 1 aliphatic heterocycles. The summed E-state index contributed by atoms with van der Waals surface area (Å²) in [5.74, 6) is -0.196. The Kier molecular flexibility index (Phi) is 4.74. The van der Waals surface area contributed by atoms with Crippen molar-refractivity contribution in [2.75, 3.05) is 31.1 Å². The topological polar surface area (TPSA) is 6.48 Å². The van der Waals surface area contributed by atoms with Gasteiger partial charge < -0.3 is 9.80 Å². The smallest absolute Gasteiger partial charge is 0.123 e. The maximum Gasteiger partial charge on any atom is 0.123 e. The zero-order chi connectivity index (χ0) is 15.5. The first-order valence-corrected chi connectivity index (χ1v) is 8.39. The molecule has 2 aromatic carbocycles. The van der Waals surface area contributed by atoms with Crippen LogP contribution in [0.25, 0.3) is 0 Å². The zero-order valence-electron chi connectivity index (χ0n) is 12.0. The van der Waals surface area contributed by atoms with Gasteiger partial charge in [0.1, 0.15) is 10.8 Å². The van der Waals surface area contributed by atoms with Crippen molar-refractivity contribution < 1.29 is 4.39 Å². The molecule has 1 fully saturated rings. The second-order valence-electron chi connectivity index (χ2n) is 5.27. The molecule has 0 radical (unpaired) electrons. The fourth-order valence-electron chi connectivity index (χ4n) is 2.62. The molecule has 0 unspecified atom stereocenters. The van der Waals surface area contributed by atoms with Crippen LogP contribution in [0.2, 0.25) is 0 Å². The van der Waals surface area contributed by atoms with Crippen LogP contribution in [0.15, 0.2) is 53.0 Å². The second kappa shape index (κ2) is 6.75. The van der Waals surface area contributed by atoms with Crippen molar-refractivity contribution in [3.8, 4) is 0 Å². The molecule has 2 aromatic rings. The lowest BCUT2D eigenvalue weighted by Crippen LogP contribution is -2.48. The molecule has 0 N–H and O–H groups in total. The van der Waals surface area contributed by atoms with Gasteiger partial charge in [-0.3, -0.25) is 0 Å². The van der Waals surface area contributed by atoms with Crippen LogP contribution in [0.5, 0.6) is 0 Å². The van der Waals surface area contributed by atoms with Crippen LogP contribution < -0.4 is 4.90 Å². The molecule has 0 amide bonds. The molecule has 2 nitrogen and oxygen atoms in total. The van der Waals surface area contributed by atoms with Crippen LogP contribution in [0.1, 0.15) is 5.56 Å². The lowest BCUT2D eigenvalue weighted by Gasteiger charge is -2.37. The van der Waals surface area contributed by atoms with Crippen LogP contribution in [-0.4, -0.2) is 36.1 Å². The molecule has 5 heteroatoms. The quantitative estimate of drug-likeness (QED) is 0.726. The van der Waals surface area contributed by atoms with Crippen LogP contribution in [0, 0.1) is 5.82 Å². The lowest BCUT2D eigenvalue weighted by molar-refractivity contribution is 0.392. The molecule has 0 aliphatic carbocycles. The highest BCUT2D eigenvalue weighted by molar-refractivity contribution is 9.10. The second-order valence-corrected chi connectivity index (χ2v) is 6.57. The zero-order valence-corrected chi connectivity index (χ0v) is 14.4. The van der Waals surface area contributed by atoms with Gasteiger partial charge in [-0.2, -0.15) is 0 Å². The predicted molar refractivity (Wildman–Crippen MR) is 96.0 cm³/mol. The molecule has 0 saturated carbocycles. The van der Waals surface area contributed by atoms with Crippen molar-refractivity contribution in [3.63, 3.8) is 0 Å². The maximum absolute atomic E-state index is 13.0. The standard InChI is InChI=1S/C17H16BrFN2S/c18-14-3-1-2-13(12-14)17(22)21-10-8-20(9-11-21)16-6-4-15(19)5-7-16/h1-7,12H,8-11H2. The minimum absolute atomic E-state index is 0.196. The molecular weight excluding hydrogens is 363 g/mol. The first kappa shape index (κ1) is 15.4. The summed E-state index contributed by atoms with van der Waals surface area (Å²) in [5.41, 5.74) is 2.13. The third kappa shape index (κ3) is 3.47. The summed E-state index contributed by atoms with van der Waals surface area (Å²) in [5, 5.41) is 0. The minimum atomic E-state index is -0.196. The molecule has 0 aromatic heterocycles. The van der Waals surface area contributed by atoms with E-state index in [1.165, 1.54) is 12.1 Å². The fourth-order valence-corrected chi connectivity index (χ4v) is 3.33. The third-order valence-electron chi connectivity index (χ3n) is 3.83. The molecule has 0 atom stereocenters. The van der Waals surface area contributed by atoms with Gasteiger partial charge in [0.05, 0.1) is 0 Å². The van der Waals surface area contributed by atoms with E-state index in [1.54, 1.807) is 0 Å². The van der Waals surface area contributed by atoms with E-state index in [-0.39, 0.29) is 5.82 Å². The number of hydrogen-bond donors (Lipinski definition) is 0. The van der Waals surface area contributed by atoms with E-state index < -0.39 is 0 Å². The van der Waals surface area contributed by atoms with Crippen LogP contribution in [0.3, 0.4) is 0 Å². The first-order valence-electron chi connectivity index (χ1n) is 7.19. The monoisotopic (exact) mass is 378 g/mol. The number of benzene rings is 2. The number of halogens is 2. The molecule has 3 rings (SSSR count). The largest absolute Gasteiger partial charge is 0.368 e. The van der Waals surface area contributed by atoms with Crippen molar-refractivity contribution in [1.29, 1.82) is 0 Å². The van der Waals surface area contributed by atoms with Gasteiger partial charge in [-0.25, -0.2) is 4.39 Å². The van der Waals surface area contributed by atoms with Gasteiger partial charge in [0, 0.05) is 41.9 Å². The number of piperazine rings is 1. The summed E-state index contributed by atoms with van der Waals surface area (Å²) >= 11 is 9.09. The summed E-state index contributed by atoms with van der Waals surface area (Å²) in [6, 6.07) is 14.8. The Morgan fingerprint density at radius 1 is 1.00 bits per heavy atom. The molecule has 114 valence electrons. The highest BCUT2D eigenvalue weighted by Gasteiger charge is 2.20. The van der Waals surface area contributed by atoms with Crippen molar-refractivity contribution in [2.24, 2.45) is 0 Å². The Morgan fingerprint density at radius 3 is 2.32 bits per heavy atom. The van der Waals surface area contributed by atoms with Crippen molar-refractivity contribution in [3.05, 3.63) is 64.4 Å². The lowest BCUT2D eigenvalue weighted by atomic mass is 10.2. The Morgan fingerprint density at radius 2 is 1.68 bits per heavy atom. The van der Waals surface area contributed by atoms with Gasteiger partial charge in [0.15, 0.2) is 0 Å². The van der Waals surface area contributed by atoms with Gasteiger partial charge >= 0.3 is 0 Å². The third-order valence-corrected chi connectivity index (χ3v) is 4.82. The number of thiocarbonyl (C=S) groups is 1. The summed E-state index contributed by atoms with van der Waals surface area (Å²) in [4.78, 5) is 5.39. The molecule has 1 heterocycles. The Bertz CT molecular complexity index is 667. The van der Waals surface area contributed by atoms with E-state index in [2.05, 4.69) is 31.8 Å². The number of anilines is 1. The molecule has 0 bridgehead atoms. The number of rotatable bonds is 2. The van der Waals surface area contributed by atoms with Gasteiger partial charge in [0.25, 0.3) is 0 Å². The molecule has 22 heavy (non-hydrogen) atoms. The maximum atomic E-state index is 13.0. The Hall–Kier alpha value is -1.46. The first-order chi connectivity index (χ1) is 10.6. The molecule has 1 saturated heterocycles. The van der Waals surface area contributed by atoms with Crippen LogP contribution in [0.4, 0.5) is 10.1 Å². The Balaban J connectivity index is 1.64. The highest BCUT2D eigenvalue weighted by atomic mass is 79.9. The molecule has 1 aliphatic rings. The van der Waals surface area contributed by atoms with E-state index in [4.69, 9.17) is 12.2 Å². The van der Waals surface area contributed by atoms with Crippen molar-refractivity contribution >= 4 is 38.8 Å². The van der Waals surface area contributed by atoms with E-state index in [0.717, 1.165) is 46.9 Å². The normalized spacial score (nSPS) is 15.0. The van der Waals surface area contributed by atoms with E-state index in [1.807, 2.05) is 30.3 Å². The fraction of sp³-hybridized carbons (Fsp3) is 0.235. The summed E-state index contributed by atoms with van der Waals surface area (Å²) in [7, 11) is 0. The minimum Gasteiger partial charge on any atom is -0.368 e. The number of nitrogens with zero attached hydrogens (tertiary/aromatic N) is 2. The summed E-state index contributed by atoms with van der Waals surface area (Å²) in [6.07, 6.45) is 0. The average molecular weight is 379 g/mol. The van der Waals surface area contributed by atoms with Gasteiger partial charge in [-0.15, -0.1) is 0 Å². The van der Waals surface area contributed by atoms with Gasteiger partial charge in [0.2, 0.25) is 0 Å². The Labute approximate surface area is 143 Å². The van der Waals surface area contributed by atoms with E-state index in [9.17, 15) is 4.39 Å². The van der Waals surface area contributed by atoms with Gasteiger partial charge in [-0.05, 0) is 36.4 Å². The van der Waals surface area contributed by atoms with E-state index >= 15 is 0 Å². The summed E-state index contributed by atoms with van der Waals surface area (Å²) in [6.45, 7) is 3.53. The predicted octanol–water partition coefficient (Wildman–Crippen LogP) is 4.09. The highest BCUT2D eigenvalue weighted by Crippen LogP contribution is 2.19. The van der Waals surface area contributed by atoms with E-state index in [0.29, 0.717) is 0 Å². The number of hydrogen-bond acceptors (Lipinski definition) is 2. The SMILES string of the molecule is Fc1ccc(N2CCN(C(=S)c3cccc(Br)c3)CC2)cc1. The average Bonchev–Trinajstić information content (AvgIpc) is 2.55.